The molecule has 0 bridgehead atoms. The van der Waals surface area contributed by atoms with Crippen LogP contribution in [-0.4, -0.2) is 25.4 Å². The molecule has 37 heavy (non-hydrogen) atoms. The number of non-ortho nitro benzene ring substituents is 1. The zero-order valence-electron chi connectivity index (χ0n) is 20.7. The van der Waals surface area contributed by atoms with Gasteiger partial charge in [0.1, 0.15) is 5.01 Å². The quantitative estimate of drug-likeness (QED) is 0.148. The number of hydrogen-bond donors (Lipinski definition) is 1. The van der Waals surface area contributed by atoms with E-state index in [1.54, 1.807) is 23.5 Å². The Kier molecular flexibility index (Phi) is 6.54. The van der Waals surface area contributed by atoms with Gasteiger partial charge in [0.15, 0.2) is 0 Å². The van der Waals surface area contributed by atoms with Crippen LogP contribution in [0.1, 0.15) is 37.1 Å². The van der Waals surface area contributed by atoms with Crippen molar-refractivity contribution in [2.24, 2.45) is 4.99 Å². The molecule has 0 saturated carbocycles. The van der Waals surface area contributed by atoms with Gasteiger partial charge in [-0.3, -0.25) is 25.0 Å². The van der Waals surface area contributed by atoms with E-state index in [1.807, 2.05) is 44.2 Å². The summed E-state index contributed by atoms with van der Waals surface area (Å²) in [6.07, 6.45) is 1.52. The number of fused-ring (bicyclic) bond motifs is 1. The van der Waals surface area contributed by atoms with E-state index in [1.165, 1.54) is 22.4 Å². The van der Waals surface area contributed by atoms with E-state index in [4.69, 9.17) is 9.98 Å². The lowest BCUT2D eigenvalue weighted by atomic mass is 10.1. The molecule has 5 aromatic rings. The number of hydrogen-bond acceptors (Lipinski definition) is 6. The summed E-state index contributed by atoms with van der Waals surface area (Å²) in [6.45, 7) is 5.94. The predicted molar refractivity (Wildman–Crippen MR) is 149 cm³/mol. The molecule has 1 N–H and O–H groups in total. The smallest absolute Gasteiger partial charge is 0.280 e. The van der Waals surface area contributed by atoms with Crippen LogP contribution in [0.5, 0.6) is 0 Å². The van der Waals surface area contributed by atoms with Crippen molar-refractivity contribution < 1.29 is 4.92 Å². The first-order valence-electron chi connectivity index (χ1n) is 12.0. The minimum absolute atomic E-state index is 0.0282. The summed E-state index contributed by atoms with van der Waals surface area (Å²) in [4.78, 5) is 33.4. The van der Waals surface area contributed by atoms with Crippen molar-refractivity contribution in [3.63, 3.8) is 0 Å². The number of nitro benzene ring substituents is 1. The third-order valence-corrected chi connectivity index (χ3v) is 7.17. The van der Waals surface area contributed by atoms with Crippen LogP contribution in [0.3, 0.4) is 0 Å². The van der Waals surface area contributed by atoms with Crippen LogP contribution in [0.4, 0.5) is 11.4 Å². The number of benzene rings is 3. The van der Waals surface area contributed by atoms with Crippen LogP contribution in [0.25, 0.3) is 26.5 Å². The summed E-state index contributed by atoms with van der Waals surface area (Å²) in [7, 11) is 0. The lowest BCUT2D eigenvalue weighted by Gasteiger charge is -2.02. The average Bonchev–Trinajstić information content (AvgIpc) is 3.45. The average molecular weight is 512 g/mol. The maximum atomic E-state index is 13.4. The van der Waals surface area contributed by atoms with Crippen LogP contribution in [-0.2, 0) is 6.42 Å². The number of rotatable bonds is 7. The molecule has 2 heterocycles. The Bertz CT molecular complexity index is 1690. The number of nitro groups is 1. The minimum atomic E-state index is -0.463. The number of H-pyrrole nitrogens is 1. The number of aliphatic imine (C=N–C) groups is 1. The van der Waals surface area contributed by atoms with E-state index < -0.39 is 4.92 Å². The molecule has 0 spiro atoms. The molecule has 186 valence electrons. The molecule has 0 aliphatic rings. The summed E-state index contributed by atoms with van der Waals surface area (Å²) in [5.41, 5.74) is 6.13. The van der Waals surface area contributed by atoms with Crippen LogP contribution in [0.15, 0.2) is 76.5 Å². The lowest BCUT2D eigenvalue weighted by Crippen LogP contribution is -2.19. The molecule has 0 amide bonds. The highest BCUT2D eigenvalue weighted by Crippen LogP contribution is 2.31. The number of nitrogens with one attached hydrogen (secondary N) is 1. The fourth-order valence-electron chi connectivity index (χ4n) is 4.28. The molecule has 9 heteroatoms. The fourth-order valence-corrected chi connectivity index (χ4v) is 5.34. The zero-order chi connectivity index (χ0) is 26.1. The largest absolute Gasteiger partial charge is 0.294 e. The Labute approximate surface area is 217 Å². The Morgan fingerprint density at radius 2 is 1.84 bits per heavy atom. The number of nitrogens with zero attached hydrogens (tertiary/aromatic N) is 4. The fraction of sp³-hybridized carbons (Fsp3) is 0.179. The van der Waals surface area contributed by atoms with Crippen LogP contribution in [0.2, 0.25) is 0 Å². The first-order chi connectivity index (χ1) is 17.8. The maximum Gasteiger partial charge on any atom is 0.280 e. The van der Waals surface area contributed by atoms with E-state index in [9.17, 15) is 14.9 Å². The second-order valence-corrected chi connectivity index (χ2v) is 9.89. The van der Waals surface area contributed by atoms with Gasteiger partial charge in [0.05, 0.1) is 37.8 Å². The topological polar surface area (TPSA) is 106 Å². The van der Waals surface area contributed by atoms with Gasteiger partial charge in [-0.1, -0.05) is 19.4 Å². The van der Waals surface area contributed by atoms with Gasteiger partial charge in [-0.2, -0.15) is 0 Å². The highest BCUT2D eigenvalue weighted by molar-refractivity contribution is 7.21. The third kappa shape index (κ3) is 4.85. The number of aromatic amines is 1. The van der Waals surface area contributed by atoms with E-state index in [0.717, 1.165) is 38.6 Å². The van der Waals surface area contributed by atoms with Gasteiger partial charge in [0.2, 0.25) is 0 Å². The Morgan fingerprint density at radius 1 is 1.11 bits per heavy atom. The second-order valence-electron chi connectivity index (χ2n) is 8.86. The first-order valence-corrected chi connectivity index (χ1v) is 12.8. The molecule has 0 unspecified atom stereocenters. The van der Waals surface area contributed by atoms with Crippen molar-refractivity contribution in [1.82, 2.24) is 14.8 Å². The van der Waals surface area contributed by atoms with Gasteiger partial charge in [-0.05, 0) is 74.4 Å². The summed E-state index contributed by atoms with van der Waals surface area (Å²) in [5, 5.41) is 15.1. The van der Waals surface area contributed by atoms with E-state index in [0.29, 0.717) is 23.4 Å². The molecular weight excluding hydrogens is 486 g/mol. The summed E-state index contributed by atoms with van der Waals surface area (Å²) in [6, 6.07) is 20.0. The van der Waals surface area contributed by atoms with Crippen LogP contribution >= 0.6 is 11.3 Å². The monoisotopic (exact) mass is 511 g/mol. The van der Waals surface area contributed by atoms with Crippen molar-refractivity contribution in [2.75, 3.05) is 0 Å². The van der Waals surface area contributed by atoms with Crippen molar-refractivity contribution in [1.29, 1.82) is 0 Å². The second kappa shape index (κ2) is 9.94. The minimum Gasteiger partial charge on any atom is -0.294 e. The van der Waals surface area contributed by atoms with Gasteiger partial charge in [-0.15, -0.1) is 11.3 Å². The molecule has 0 aliphatic carbocycles. The molecular formula is C28H25N5O3S. The van der Waals surface area contributed by atoms with E-state index >= 15 is 0 Å². The highest BCUT2D eigenvalue weighted by atomic mass is 32.1. The SMILES string of the molecule is CCCc1[nH]n(-c2ccc([N+](=O)[O-])cc2)c(=O)c1C(C)=Nc1ccc(-c2nc3ccc(C)cc3s2)cc1. The predicted octanol–water partition coefficient (Wildman–Crippen LogP) is 6.75. The standard InChI is InChI=1S/C28H25N5O3S/c1-4-5-24-26(28(34)32(31-24)21-11-13-22(14-12-21)33(35)36)18(3)29-20-9-7-19(8-10-20)27-30-23-15-6-17(2)16-25(23)37-27/h6-16,31H,4-5H2,1-3H3. The lowest BCUT2D eigenvalue weighted by molar-refractivity contribution is -0.384. The molecule has 8 nitrogen and oxygen atoms in total. The molecule has 2 aromatic heterocycles. The summed E-state index contributed by atoms with van der Waals surface area (Å²) in [5.74, 6) is 0. The number of aromatic nitrogens is 3. The van der Waals surface area contributed by atoms with Crippen molar-refractivity contribution in [3.8, 4) is 16.3 Å². The number of aryl methyl sites for hydroxylation is 2. The van der Waals surface area contributed by atoms with Gasteiger partial charge in [0.25, 0.3) is 11.2 Å². The molecule has 0 fully saturated rings. The van der Waals surface area contributed by atoms with Gasteiger partial charge < -0.3 is 0 Å². The molecule has 0 aliphatic heterocycles. The summed E-state index contributed by atoms with van der Waals surface area (Å²) < 4.78 is 2.58. The van der Waals surface area contributed by atoms with Gasteiger partial charge in [-0.25, -0.2) is 9.67 Å². The normalized spacial score (nSPS) is 11.8. The van der Waals surface area contributed by atoms with E-state index in [-0.39, 0.29) is 11.2 Å². The Morgan fingerprint density at radius 3 is 2.51 bits per heavy atom. The molecule has 0 atom stereocenters. The molecule has 0 radical (unpaired) electrons. The Hall–Kier alpha value is -4.37. The van der Waals surface area contributed by atoms with Gasteiger partial charge >= 0.3 is 0 Å². The van der Waals surface area contributed by atoms with Crippen LogP contribution < -0.4 is 5.56 Å². The molecule has 0 saturated heterocycles. The van der Waals surface area contributed by atoms with Gasteiger partial charge in [0, 0.05) is 23.4 Å². The zero-order valence-corrected chi connectivity index (χ0v) is 21.5. The Balaban J connectivity index is 1.46. The maximum absolute atomic E-state index is 13.4. The van der Waals surface area contributed by atoms with Crippen molar-refractivity contribution >= 4 is 38.6 Å². The third-order valence-electron chi connectivity index (χ3n) is 6.10. The molecule has 5 rings (SSSR count). The van der Waals surface area contributed by atoms with Crippen molar-refractivity contribution in [2.45, 2.75) is 33.6 Å². The molecule has 3 aromatic carbocycles. The van der Waals surface area contributed by atoms with Crippen LogP contribution in [0, 0.1) is 17.0 Å². The number of thiazole rings is 1. The van der Waals surface area contributed by atoms with E-state index in [2.05, 4.69) is 24.2 Å². The first kappa shape index (κ1) is 24.3. The van der Waals surface area contributed by atoms with Crippen molar-refractivity contribution in [3.05, 3.63) is 104 Å². The highest BCUT2D eigenvalue weighted by Gasteiger charge is 2.18. The summed E-state index contributed by atoms with van der Waals surface area (Å²) >= 11 is 1.66.